The zero-order chi connectivity index (χ0) is 21.3. The molecule has 2 aromatic carbocycles. The Hall–Kier alpha value is -3.68. The van der Waals surface area contributed by atoms with Gasteiger partial charge in [0.2, 0.25) is 0 Å². The van der Waals surface area contributed by atoms with Crippen LogP contribution < -0.4 is 19.1 Å². The third kappa shape index (κ3) is 2.24. The largest absolute Gasteiger partial charge is 0.497 e. The van der Waals surface area contributed by atoms with Gasteiger partial charge in [0.1, 0.15) is 19.0 Å². The van der Waals surface area contributed by atoms with Crippen molar-refractivity contribution in [3.05, 3.63) is 47.7 Å². The fourth-order valence-electron chi connectivity index (χ4n) is 4.99. The van der Waals surface area contributed by atoms with E-state index in [9.17, 15) is 9.59 Å². The van der Waals surface area contributed by atoms with E-state index >= 15 is 0 Å². The summed E-state index contributed by atoms with van der Waals surface area (Å²) in [5.74, 6) is 1.42. The molecule has 4 heterocycles. The molecule has 0 spiro atoms. The van der Waals surface area contributed by atoms with Gasteiger partial charge in [-0.2, -0.15) is 0 Å². The van der Waals surface area contributed by atoms with E-state index in [2.05, 4.69) is 4.98 Å². The Morgan fingerprint density at radius 2 is 1.97 bits per heavy atom. The minimum absolute atomic E-state index is 0.306. The zero-order valence-corrected chi connectivity index (χ0v) is 17.2. The number of ether oxygens (including phenoxy) is 3. The fraction of sp³-hybridized carbons (Fsp3) is 0.304. The second-order valence-corrected chi connectivity index (χ2v) is 8.09. The highest BCUT2D eigenvalue weighted by atomic mass is 16.6. The molecule has 6 rings (SSSR count). The van der Waals surface area contributed by atoms with E-state index in [0.29, 0.717) is 43.4 Å². The lowest BCUT2D eigenvalue weighted by molar-refractivity contribution is -0.125. The van der Waals surface area contributed by atoms with Crippen molar-refractivity contribution >= 4 is 28.5 Å². The number of H-pyrrole nitrogens is 1. The van der Waals surface area contributed by atoms with E-state index in [-0.39, 0.29) is 11.9 Å². The number of urea groups is 1. The van der Waals surface area contributed by atoms with Gasteiger partial charge < -0.3 is 24.1 Å². The number of benzene rings is 2. The Kier molecular flexibility index (Phi) is 3.60. The SMILES string of the molecule is COc1ccc2[nH]c3c(c2c1)CCN1C(=O)N(c2cccc4c2OCCO4)C(=O)[C@]31C. The Labute approximate surface area is 178 Å². The summed E-state index contributed by atoms with van der Waals surface area (Å²) in [4.78, 5) is 33.6. The molecule has 1 atom stereocenters. The molecule has 0 bridgehead atoms. The lowest BCUT2D eigenvalue weighted by atomic mass is 9.87. The average molecular weight is 419 g/mol. The van der Waals surface area contributed by atoms with Gasteiger partial charge in [0.15, 0.2) is 17.0 Å². The monoisotopic (exact) mass is 419 g/mol. The van der Waals surface area contributed by atoms with Crippen LogP contribution in [0.2, 0.25) is 0 Å². The number of nitrogens with one attached hydrogen (secondary N) is 1. The molecule has 8 heteroatoms. The maximum absolute atomic E-state index is 13.8. The molecule has 0 unspecified atom stereocenters. The molecule has 31 heavy (non-hydrogen) atoms. The lowest BCUT2D eigenvalue weighted by Gasteiger charge is -2.35. The smallest absolute Gasteiger partial charge is 0.332 e. The Morgan fingerprint density at radius 1 is 1.13 bits per heavy atom. The number of anilines is 1. The molecule has 0 radical (unpaired) electrons. The molecule has 3 aliphatic rings. The van der Waals surface area contributed by atoms with Crippen molar-refractivity contribution in [3.63, 3.8) is 0 Å². The minimum Gasteiger partial charge on any atom is -0.497 e. The number of fused-ring (bicyclic) bond motifs is 6. The van der Waals surface area contributed by atoms with E-state index in [0.717, 1.165) is 27.9 Å². The molecule has 1 N–H and O–H groups in total. The quantitative estimate of drug-likeness (QED) is 0.645. The van der Waals surface area contributed by atoms with Crippen molar-refractivity contribution in [1.29, 1.82) is 0 Å². The second-order valence-electron chi connectivity index (χ2n) is 8.09. The number of amides is 3. The average Bonchev–Trinajstić information content (AvgIpc) is 3.26. The highest BCUT2D eigenvalue weighted by Crippen LogP contribution is 2.48. The van der Waals surface area contributed by atoms with Gasteiger partial charge in [-0.3, -0.25) is 4.79 Å². The number of carbonyl (C=O) groups excluding carboxylic acids is 2. The van der Waals surface area contributed by atoms with E-state index in [4.69, 9.17) is 14.2 Å². The van der Waals surface area contributed by atoms with Gasteiger partial charge in [0.05, 0.1) is 18.5 Å². The Morgan fingerprint density at radius 3 is 2.81 bits per heavy atom. The molecule has 3 aromatic rings. The summed E-state index contributed by atoms with van der Waals surface area (Å²) in [7, 11) is 1.63. The number of imide groups is 1. The number of para-hydroxylation sites is 1. The van der Waals surface area contributed by atoms with E-state index < -0.39 is 5.54 Å². The van der Waals surface area contributed by atoms with Crippen molar-refractivity contribution in [3.8, 4) is 17.2 Å². The number of rotatable bonds is 2. The first-order valence-electron chi connectivity index (χ1n) is 10.3. The maximum atomic E-state index is 13.8. The predicted molar refractivity (Wildman–Crippen MR) is 113 cm³/mol. The van der Waals surface area contributed by atoms with Crippen LogP contribution in [0.15, 0.2) is 36.4 Å². The van der Waals surface area contributed by atoms with Crippen LogP contribution in [0.3, 0.4) is 0 Å². The molecule has 8 nitrogen and oxygen atoms in total. The van der Waals surface area contributed by atoms with E-state index in [1.807, 2.05) is 25.1 Å². The lowest BCUT2D eigenvalue weighted by Crippen LogP contribution is -2.49. The number of aromatic nitrogens is 1. The van der Waals surface area contributed by atoms with Crippen LogP contribution in [0.1, 0.15) is 18.2 Å². The highest BCUT2D eigenvalue weighted by Gasteiger charge is 2.59. The third-order valence-electron chi connectivity index (χ3n) is 6.55. The van der Waals surface area contributed by atoms with Crippen molar-refractivity contribution in [2.45, 2.75) is 18.9 Å². The van der Waals surface area contributed by atoms with Crippen LogP contribution in [-0.4, -0.2) is 48.7 Å². The molecule has 3 amide bonds. The number of nitrogens with zero attached hydrogens (tertiary/aromatic N) is 2. The van der Waals surface area contributed by atoms with Gasteiger partial charge in [0.25, 0.3) is 5.91 Å². The zero-order valence-electron chi connectivity index (χ0n) is 17.2. The molecular formula is C23H21N3O5. The van der Waals surface area contributed by atoms with Crippen LogP contribution in [0.5, 0.6) is 17.2 Å². The third-order valence-corrected chi connectivity index (χ3v) is 6.55. The summed E-state index contributed by atoms with van der Waals surface area (Å²) in [5.41, 5.74) is 2.01. The first-order valence-corrected chi connectivity index (χ1v) is 10.3. The van der Waals surface area contributed by atoms with Crippen molar-refractivity contribution in [2.75, 3.05) is 31.8 Å². The van der Waals surface area contributed by atoms with Crippen molar-refractivity contribution < 1.29 is 23.8 Å². The highest BCUT2D eigenvalue weighted by molar-refractivity contribution is 6.24. The molecule has 0 aliphatic carbocycles. The topological polar surface area (TPSA) is 84.1 Å². The molecule has 158 valence electrons. The number of hydrogen-bond donors (Lipinski definition) is 1. The molecule has 1 saturated heterocycles. The van der Waals surface area contributed by atoms with Crippen LogP contribution >= 0.6 is 0 Å². The number of aromatic amines is 1. The van der Waals surface area contributed by atoms with Crippen LogP contribution in [0.25, 0.3) is 10.9 Å². The van der Waals surface area contributed by atoms with Crippen LogP contribution in [0.4, 0.5) is 10.5 Å². The van der Waals surface area contributed by atoms with Gasteiger partial charge in [-0.05, 0) is 49.2 Å². The first-order chi connectivity index (χ1) is 15.0. The second kappa shape index (κ2) is 6.16. The summed E-state index contributed by atoms with van der Waals surface area (Å²) in [5, 5.41) is 1.02. The van der Waals surface area contributed by atoms with E-state index in [1.165, 1.54) is 4.90 Å². The molecule has 1 fully saturated rings. The summed E-state index contributed by atoms with van der Waals surface area (Å²) >= 11 is 0. The van der Waals surface area contributed by atoms with Crippen LogP contribution in [0, 0.1) is 0 Å². The first kappa shape index (κ1) is 18.1. The molecule has 0 saturated carbocycles. The maximum Gasteiger partial charge on any atom is 0.332 e. The predicted octanol–water partition coefficient (Wildman–Crippen LogP) is 3.19. The van der Waals surface area contributed by atoms with Crippen LogP contribution in [-0.2, 0) is 16.8 Å². The molecule has 1 aromatic heterocycles. The molecular weight excluding hydrogens is 398 g/mol. The number of methoxy groups -OCH3 is 1. The van der Waals surface area contributed by atoms with Gasteiger partial charge in [-0.25, -0.2) is 9.69 Å². The fourth-order valence-corrected chi connectivity index (χ4v) is 4.99. The Bertz CT molecular complexity index is 1270. The van der Waals surface area contributed by atoms with Gasteiger partial charge in [-0.15, -0.1) is 0 Å². The van der Waals surface area contributed by atoms with Crippen molar-refractivity contribution in [2.24, 2.45) is 0 Å². The Balaban J connectivity index is 1.51. The van der Waals surface area contributed by atoms with Crippen molar-refractivity contribution in [1.82, 2.24) is 9.88 Å². The van der Waals surface area contributed by atoms with Gasteiger partial charge in [-0.1, -0.05) is 6.07 Å². The number of carbonyl (C=O) groups is 2. The summed E-state index contributed by atoms with van der Waals surface area (Å²) in [6.45, 7) is 3.06. The standard InChI is InChI=1S/C23H21N3O5/c1-23-20-14(15-12-13(29-2)6-7-16(15)24-20)8-9-25(23)22(28)26(21(23)27)17-4-3-5-18-19(17)31-11-10-30-18/h3-7,12,24H,8-11H2,1-2H3/t23-/m0/s1. The normalized spacial score (nSPS) is 22.0. The van der Waals surface area contributed by atoms with E-state index in [1.54, 1.807) is 30.2 Å². The van der Waals surface area contributed by atoms with Gasteiger partial charge in [0, 0.05) is 17.4 Å². The van der Waals surface area contributed by atoms with Gasteiger partial charge >= 0.3 is 6.03 Å². The molecule has 3 aliphatic heterocycles. The summed E-state index contributed by atoms with van der Waals surface area (Å²) in [6, 6.07) is 10.7. The number of hydrogen-bond acceptors (Lipinski definition) is 5. The summed E-state index contributed by atoms with van der Waals surface area (Å²) < 4.78 is 16.8. The minimum atomic E-state index is -1.13. The summed E-state index contributed by atoms with van der Waals surface area (Å²) in [6.07, 6.45) is 0.650.